The number of ether oxygens (including phenoxy) is 1. The summed E-state index contributed by atoms with van der Waals surface area (Å²) in [5.74, 6) is -0.540. The Kier molecular flexibility index (Phi) is 6.26. The molecule has 0 saturated carbocycles. The smallest absolute Gasteiger partial charge is 0.338 e. The van der Waals surface area contributed by atoms with E-state index < -0.39 is 16.0 Å². The molecule has 0 radical (unpaired) electrons. The summed E-state index contributed by atoms with van der Waals surface area (Å²) >= 11 is 1.64. The van der Waals surface area contributed by atoms with Crippen molar-refractivity contribution in [3.63, 3.8) is 0 Å². The first-order valence-corrected chi connectivity index (χ1v) is 10.3. The maximum absolute atomic E-state index is 12.4. The molecule has 0 unspecified atom stereocenters. The van der Waals surface area contributed by atoms with Crippen LogP contribution in [0.2, 0.25) is 0 Å². The van der Waals surface area contributed by atoms with Crippen LogP contribution in [0.25, 0.3) is 0 Å². The Morgan fingerprint density at radius 1 is 1.12 bits per heavy atom. The third-order valence-corrected chi connectivity index (χ3v) is 6.29. The van der Waals surface area contributed by atoms with E-state index in [0.717, 1.165) is 14.8 Å². The van der Waals surface area contributed by atoms with E-state index in [1.54, 1.807) is 24.8 Å². The molecule has 0 aliphatic heterocycles. The van der Waals surface area contributed by atoms with Crippen molar-refractivity contribution >= 4 is 27.8 Å². The third kappa shape index (κ3) is 4.62. The van der Waals surface area contributed by atoms with Gasteiger partial charge in [-0.3, -0.25) is 0 Å². The molecule has 7 heteroatoms. The Morgan fingerprint density at radius 3 is 2.32 bits per heavy atom. The summed E-state index contributed by atoms with van der Waals surface area (Å²) in [4.78, 5) is 13.6. The van der Waals surface area contributed by atoms with Crippen LogP contribution in [0.3, 0.4) is 0 Å². The summed E-state index contributed by atoms with van der Waals surface area (Å²) in [5, 5.41) is 0. The number of aryl methyl sites for hydroxylation is 1. The van der Waals surface area contributed by atoms with E-state index in [1.807, 2.05) is 30.5 Å². The van der Waals surface area contributed by atoms with Gasteiger partial charge in [0.25, 0.3) is 0 Å². The van der Waals surface area contributed by atoms with Crippen LogP contribution < -0.4 is 0 Å². The molecule has 0 aliphatic rings. The number of carbonyl (C=O) groups excluding carboxylic acids is 1. The molecule has 134 valence electrons. The Hall–Kier alpha value is -1.83. The SMILES string of the molecule is CSc1ccc(COC(=O)c2cc(S(=O)(=O)N(C)C)ccc2C)cc1. The number of rotatable bonds is 6. The van der Waals surface area contributed by atoms with Gasteiger partial charge in [0.15, 0.2) is 0 Å². The van der Waals surface area contributed by atoms with Crippen molar-refractivity contribution < 1.29 is 17.9 Å². The van der Waals surface area contributed by atoms with Crippen molar-refractivity contribution in [1.82, 2.24) is 4.31 Å². The molecular formula is C18H21NO4S2. The highest BCUT2D eigenvalue weighted by Gasteiger charge is 2.20. The van der Waals surface area contributed by atoms with Gasteiger partial charge in [0.1, 0.15) is 6.61 Å². The molecule has 25 heavy (non-hydrogen) atoms. The quantitative estimate of drug-likeness (QED) is 0.569. The first-order chi connectivity index (χ1) is 11.8. The van der Waals surface area contributed by atoms with Crippen molar-refractivity contribution in [2.75, 3.05) is 20.4 Å². The Labute approximate surface area is 153 Å². The normalized spacial score (nSPS) is 11.6. The second-order valence-corrected chi connectivity index (χ2v) is 8.72. The molecule has 2 rings (SSSR count). The van der Waals surface area contributed by atoms with Crippen LogP contribution in [-0.2, 0) is 21.4 Å². The second-order valence-electron chi connectivity index (χ2n) is 5.69. The molecule has 0 heterocycles. The fourth-order valence-electron chi connectivity index (χ4n) is 2.14. The van der Waals surface area contributed by atoms with Gasteiger partial charge in [0.2, 0.25) is 10.0 Å². The topological polar surface area (TPSA) is 63.7 Å². The molecule has 0 aliphatic carbocycles. The molecule has 0 fully saturated rings. The highest BCUT2D eigenvalue weighted by Crippen LogP contribution is 2.20. The molecule has 5 nitrogen and oxygen atoms in total. The third-order valence-electron chi connectivity index (χ3n) is 3.74. The van der Waals surface area contributed by atoms with Gasteiger partial charge < -0.3 is 4.74 Å². The van der Waals surface area contributed by atoms with E-state index in [-0.39, 0.29) is 17.1 Å². The minimum atomic E-state index is -3.60. The lowest BCUT2D eigenvalue weighted by Crippen LogP contribution is -2.22. The van der Waals surface area contributed by atoms with Crippen molar-refractivity contribution in [3.05, 3.63) is 59.2 Å². The van der Waals surface area contributed by atoms with Crippen molar-refractivity contribution in [1.29, 1.82) is 0 Å². The fourth-order valence-corrected chi connectivity index (χ4v) is 3.48. The van der Waals surface area contributed by atoms with E-state index in [4.69, 9.17) is 4.74 Å². The standard InChI is InChI=1S/C18H21NO4S2/c1-13-5-10-16(25(21,22)19(2)3)11-17(13)18(20)23-12-14-6-8-15(24-4)9-7-14/h5-11H,12H2,1-4H3. The minimum Gasteiger partial charge on any atom is -0.457 e. The average Bonchev–Trinajstić information content (AvgIpc) is 2.60. The number of hydrogen-bond acceptors (Lipinski definition) is 5. The lowest BCUT2D eigenvalue weighted by Gasteiger charge is -2.13. The van der Waals surface area contributed by atoms with E-state index in [9.17, 15) is 13.2 Å². The molecule has 0 saturated heterocycles. The lowest BCUT2D eigenvalue weighted by molar-refractivity contribution is 0.0471. The predicted molar refractivity (Wildman–Crippen MR) is 99.4 cm³/mol. The van der Waals surface area contributed by atoms with Crippen LogP contribution in [0.5, 0.6) is 0 Å². The molecule has 0 atom stereocenters. The van der Waals surface area contributed by atoms with Crippen LogP contribution in [0.1, 0.15) is 21.5 Å². The van der Waals surface area contributed by atoms with E-state index in [0.29, 0.717) is 5.56 Å². The summed E-state index contributed by atoms with van der Waals surface area (Å²) in [6.45, 7) is 1.88. The number of carbonyl (C=O) groups is 1. The molecule has 2 aromatic rings. The number of benzene rings is 2. The van der Waals surface area contributed by atoms with Crippen LogP contribution in [0.15, 0.2) is 52.3 Å². The summed E-state index contributed by atoms with van der Waals surface area (Å²) in [5.41, 5.74) is 1.80. The second kappa shape index (κ2) is 8.03. The van der Waals surface area contributed by atoms with Gasteiger partial charge in [-0.1, -0.05) is 18.2 Å². The summed E-state index contributed by atoms with van der Waals surface area (Å²) in [6, 6.07) is 12.2. The number of thioether (sulfide) groups is 1. The highest BCUT2D eigenvalue weighted by molar-refractivity contribution is 7.98. The summed E-state index contributed by atoms with van der Waals surface area (Å²) < 4.78 is 30.9. The maximum Gasteiger partial charge on any atom is 0.338 e. The molecule has 0 spiro atoms. The fraction of sp³-hybridized carbons (Fsp3) is 0.278. The van der Waals surface area contributed by atoms with E-state index in [2.05, 4.69) is 0 Å². The zero-order chi connectivity index (χ0) is 18.6. The lowest BCUT2D eigenvalue weighted by atomic mass is 10.1. The zero-order valence-corrected chi connectivity index (χ0v) is 16.3. The van der Waals surface area contributed by atoms with Gasteiger partial charge >= 0.3 is 5.97 Å². The minimum absolute atomic E-state index is 0.0689. The van der Waals surface area contributed by atoms with E-state index >= 15 is 0 Å². The maximum atomic E-state index is 12.4. The number of sulfonamides is 1. The average molecular weight is 380 g/mol. The molecule has 0 bridgehead atoms. The molecule has 0 N–H and O–H groups in total. The monoisotopic (exact) mass is 379 g/mol. The van der Waals surface area contributed by atoms with Crippen molar-refractivity contribution in [2.24, 2.45) is 0 Å². The number of esters is 1. The van der Waals surface area contributed by atoms with Gasteiger partial charge in [-0.15, -0.1) is 11.8 Å². The van der Waals surface area contributed by atoms with Crippen LogP contribution in [0, 0.1) is 6.92 Å². The molecule has 0 aromatic heterocycles. The van der Waals surface area contributed by atoms with Gasteiger partial charge in [-0.25, -0.2) is 17.5 Å². The van der Waals surface area contributed by atoms with Crippen molar-refractivity contribution in [2.45, 2.75) is 23.3 Å². The van der Waals surface area contributed by atoms with Gasteiger partial charge in [-0.2, -0.15) is 0 Å². The first kappa shape index (κ1) is 19.5. The van der Waals surface area contributed by atoms with Crippen LogP contribution >= 0.6 is 11.8 Å². The highest BCUT2D eigenvalue weighted by atomic mass is 32.2. The predicted octanol–water partition coefficient (Wildman–Crippen LogP) is 3.32. The van der Waals surface area contributed by atoms with Gasteiger partial charge in [-0.05, 0) is 48.6 Å². The largest absolute Gasteiger partial charge is 0.457 e. The Balaban J connectivity index is 2.18. The van der Waals surface area contributed by atoms with Crippen molar-refractivity contribution in [3.8, 4) is 0 Å². The summed E-state index contributed by atoms with van der Waals surface area (Å²) in [6.07, 6.45) is 1.99. The molecular weight excluding hydrogens is 358 g/mol. The van der Waals surface area contributed by atoms with Crippen LogP contribution in [-0.4, -0.2) is 39.0 Å². The van der Waals surface area contributed by atoms with Crippen LogP contribution in [0.4, 0.5) is 0 Å². The zero-order valence-electron chi connectivity index (χ0n) is 14.6. The number of nitrogens with zero attached hydrogens (tertiary/aromatic N) is 1. The molecule has 2 aromatic carbocycles. The Bertz CT molecular complexity index is 859. The van der Waals surface area contributed by atoms with Gasteiger partial charge in [0.05, 0.1) is 10.5 Å². The molecule has 0 amide bonds. The summed E-state index contributed by atoms with van der Waals surface area (Å²) in [7, 11) is -0.702. The van der Waals surface area contributed by atoms with Gasteiger partial charge in [0, 0.05) is 19.0 Å². The number of hydrogen-bond donors (Lipinski definition) is 0. The first-order valence-electron chi connectivity index (χ1n) is 7.59. The Morgan fingerprint density at radius 2 is 1.76 bits per heavy atom. The van der Waals surface area contributed by atoms with E-state index in [1.165, 1.54) is 26.2 Å².